The van der Waals surface area contributed by atoms with Crippen LogP contribution in [-0.4, -0.2) is 23.0 Å². The van der Waals surface area contributed by atoms with E-state index >= 15 is 0 Å². The maximum Gasteiger partial charge on any atom is 0.282 e. The second kappa shape index (κ2) is 10.5. The van der Waals surface area contributed by atoms with Crippen LogP contribution in [0.25, 0.3) is 10.9 Å². The minimum atomic E-state index is -0.450. The summed E-state index contributed by atoms with van der Waals surface area (Å²) in [6.45, 7) is 6.12. The van der Waals surface area contributed by atoms with E-state index in [1.807, 2.05) is 39.0 Å². The number of nitrogens with zero attached hydrogens (tertiary/aromatic N) is 3. The molecule has 4 aromatic rings. The van der Waals surface area contributed by atoms with Crippen molar-refractivity contribution in [1.82, 2.24) is 9.66 Å². The van der Waals surface area contributed by atoms with Crippen LogP contribution in [0.1, 0.15) is 37.7 Å². The molecule has 0 N–H and O–H groups in total. The molecule has 4 rings (SSSR count). The van der Waals surface area contributed by atoms with Crippen molar-refractivity contribution < 1.29 is 13.9 Å². The van der Waals surface area contributed by atoms with Crippen molar-refractivity contribution in [3.8, 4) is 11.5 Å². The van der Waals surface area contributed by atoms with E-state index in [9.17, 15) is 9.18 Å². The Morgan fingerprint density at radius 1 is 1.06 bits per heavy atom. The van der Waals surface area contributed by atoms with Crippen LogP contribution >= 0.6 is 31.9 Å². The normalized spacial score (nSPS) is 11.9. The summed E-state index contributed by atoms with van der Waals surface area (Å²) in [4.78, 5) is 18.2. The first-order valence-electron chi connectivity index (χ1n) is 11.1. The van der Waals surface area contributed by atoms with Crippen molar-refractivity contribution in [3.63, 3.8) is 0 Å². The lowest BCUT2D eigenvalue weighted by atomic mass is 9.95. The fourth-order valence-corrected chi connectivity index (χ4v) is 4.40. The van der Waals surface area contributed by atoms with Crippen LogP contribution in [0.2, 0.25) is 0 Å². The minimum Gasteiger partial charge on any atom is -0.493 e. The Balaban J connectivity index is 1.81. The van der Waals surface area contributed by atoms with E-state index in [2.05, 4.69) is 37.0 Å². The summed E-state index contributed by atoms with van der Waals surface area (Å²) in [5.41, 5.74) is 1.25. The molecule has 0 amide bonds. The summed E-state index contributed by atoms with van der Waals surface area (Å²) >= 11 is 6.92. The van der Waals surface area contributed by atoms with Crippen molar-refractivity contribution >= 4 is 49.0 Å². The predicted molar refractivity (Wildman–Crippen MR) is 147 cm³/mol. The first-order chi connectivity index (χ1) is 17.1. The lowest BCUT2D eigenvalue weighted by Crippen LogP contribution is -2.29. The monoisotopic (exact) mass is 615 g/mol. The molecular formula is C27H24Br2FN3O3. The van der Waals surface area contributed by atoms with Gasteiger partial charge in [-0.15, -0.1) is 0 Å². The van der Waals surface area contributed by atoms with Crippen molar-refractivity contribution in [2.24, 2.45) is 5.10 Å². The highest BCUT2D eigenvalue weighted by atomic mass is 79.9. The van der Waals surface area contributed by atoms with E-state index in [4.69, 9.17) is 14.5 Å². The summed E-state index contributed by atoms with van der Waals surface area (Å²) in [6.07, 6.45) is 1.55. The molecule has 0 aliphatic heterocycles. The maximum absolute atomic E-state index is 13.5. The number of hydrogen-bond acceptors (Lipinski definition) is 5. The van der Waals surface area contributed by atoms with Gasteiger partial charge in [0.1, 0.15) is 18.2 Å². The standard InChI is InChI=1S/C27H24Br2FN3O3/c1-27(2,3)26-32-22-10-7-18(28)12-21(22)25(34)33(26)31-14-17-11-19(29)13-23(35-4)24(17)36-15-16-5-8-20(30)9-6-16/h5-14H,15H2,1-4H3. The lowest BCUT2D eigenvalue weighted by Gasteiger charge is -2.21. The second-order valence-electron chi connectivity index (χ2n) is 9.15. The third kappa shape index (κ3) is 5.68. The van der Waals surface area contributed by atoms with E-state index < -0.39 is 5.41 Å². The highest BCUT2D eigenvalue weighted by Gasteiger charge is 2.23. The number of benzene rings is 3. The quantitative estimate of drug-likeness (QED) is 0.223. The smallest absolute Gasteiger partial charge is 0.282 e. The van der Waals surface area contributed by atoms with Gasteiger partial charge in [-0.3, -0.25) is 4.79 Å². The van der Waals surface area contributed by atoms with Gasteiger partial charge in [-0.05, 0) is 48.0 Å². The van der Waals surface area contributed by atoms with Crippen LogP contribution in [0.15, 0.2) is 73.4 Å². The number of fused-ring (bicyclic) bond motifs is 1. The first kappa shape index (κ1) is 26.0. The molecule has 0 saturated heterocycles. The molecule has 0 atom stereocenters. The van der Waals surface area contributed by atoms with Crippen LogP contribution in [-0.2, 0) is 12.0 Å². The summed E-state index contributed by atoms with van der Waals surface area (Å²) < 4.78 is 27.8. The molecule has 186 valence electrons. The van der Waals surface area contributed by atoms with E-state index in [-0.39, 0.29) is 18.0 Å². The van der Waals surface area contributed by atoms with Crippen LogP contribution in [0.5, 0.6) is 11.5 Å². The Kier molecular flexibility index (Phi) is 7.61. The van der Waals surface area contributed by atoms with Gasteiger partial charge in [0, 0.05) is 19.9 Å². The number of rotatable bonds is 6. The predicted octanol–water partition coefficient (Wildman–Crippen LogP) is 6.83. The zero-order valence-electron chi connectivity index (χ0n) is 20.2. The molecule has 9 heteroatoms. The molecule has 6 nitrogen and oxygen atoms in total. The fourth-order valence-electron chi connectivity index (χ4n) is 3.59. The Labute approximate surface area is 225 Å². The summed E-state index contributed by atoms with van der Waals surface area (Å²) in [5.74, 6) is 1.13. The van der Waals surface area contributed by atoms with E-state index in [0.29, 0.717) is 33.8 Å². The number of methoxy groups -OCH3 is 1. The van der Waals surface area contributed by atoms with Crippen LogP contribution < -0.4 is 15.0 Å². The van der Waals surface area contributed by atoms with E-state index in [0.717, 1.165) is 14.5 Å². The Morgan fingerprint density at radius 3 is 2.44 bits per heavy atom. The highest BCUT2D eigenvalue weighted by Crippen LogP contribution is 2.35. The largest absolute Gasteiger partial charge is 0.493 e. The Bertz CT molecular complexity index is 1510. The molecule has 3 aromatic carbocycles. The molecule has 0 spiro atoms. The maximum atomic E-state index is 13.5. The third-order valence-electron chi connectivity index (χ3n) is 5.36. The van der Waals surface area contributed by atoms with Gasteiger partial charge in [-0.2, -0.15) is 9.78 Å². The topological polar surface area (TPSA) is 65.7 Å². The SMILES string of the molecule is COc1cc(Br)cc(C=Nn2c(C(C)(C)C)nc3ccc(Br)cc3c2=O)c1OCc1ccc(F)cc1. The zero-order valence-corrected chi connectivity index (χ0v) is 23.4. The highest BCUT2D eigenvalue weighted by molar-refractivity contribution is 9.10. The summed E-state index contributed by atoms with van der Waals surface area (Å²) in [5, 5.41) is 5.01. The van der Waals surface area contributed by atoms with Gasteiger partial charge in [0.05, 0.1) is 24.2 Å². The molecule has 0 aliphatic rings. The van der Waals surface area contributed by atoms with Gasteiger partial charge in [-0.1, -0.05) is 64.8 Å². The molecule has 0 unspecified atom stereocenters. The number of hydrogen-bond donors (Lipinski definition) is 0. The molecule has 0 saturated carbocycles. The molecule has 0 bridgehead atoms. The lowest BCUT2D eigenvalue weighted by molar-refractivity contribution is 0.284. The Morgan fingerprint density at radius 2 is 1.78 bits per heavy atom. The number of ether oxygens (including phenoxy) is 2. The third-order valence-corrected chi connectivity index (χ3v) is 6.31. The van der Waals surface area contributed by atoms with E-state index in [1.54, 1.807) is 37.6 Å². The molecular weight excluding hydrogens is 593 g/mol. The summed E-state index contributed by atoms with van der Waals surface area (Å²) in [6, 6.07) is 15.1. The average molecular weight is 617 g/mol. The number of aromatic nitrogens is 2. The van der Waals surface area contributed by atoms with Crippen molar-refractivity contribution in [2.45, 2.75) is 32.8 Å². The van der Waals surface area contributed by atoms with Gasteiger partial charge in [0.2, 0.25) is 0 Å². The molecule has 1 heterocycles. The van der Waals surface area contributed by atoms with Crippen molar-refractivity contribution in [2.75, 3.05) is 7.11 Å². The van der Waals surface area contributed by atoms with Gasteiger partial charge in [0.25, 0.3) is 5.56 Å². The van der Waals surface area contributed by atoms with Crippen molar-refractivity contribution in [3.05, 3.63) is 96.7 Å². The molecule has 0 fully saturated rings. The Hall–Kier alpha value is -3.04. The van der Waals surface area contributed by atoms with Crippen LogP contribution in [0, 0.1) is 5.82 Å². The second-order valence-corrected chi connectivity index (χ2v) is 11.0. The molecule has 0 aliphatic carbocycles. The van der Waals surface area contributed by atoms with Gasteiger partial charge in [-0.25, -0.2) is 9.37 Å². The average Bonchev–Trinajstić information content (AvgIpc) is 2.83. The van der Waals surface area contributed by atoms with Gasteiger partial charge < -0.3 is 9.47 Å². The van der Waals surface area contributed by atoms with Crippen LogP contribution in [0.4, 0.5) is 4.39 Å². The molecule has 36 heavy (non-hydrogen) atoms. The first-order valence-corrected chi connectivity index (χ1v) is 12.7. The van der Waals surface area contributed by atoms with Gasteiger partial charge in [0.15, 0.2) is 11.5 Å². The van der Waals surface area contributed by atoms with E-state index in [1.165, 1.54) is 16.8 Å². The van der Waals surface area contributed by atoms with Crippen molar-refractivity contribution in [1.29, 1.82) is 0 Å². The minimum absolute atomic E-state index is 0.192. The number of halogens is 3. The fraction of sp³-hybridized carbons (Fsp3) is 0.222. The molecule has 1 aromatic heterocycles. The molecule has 0 radical (unpaired) electrons. The van der Waals surface area contributed by atoms with Crippen LogP contribution in [0.3, 0.4) is 0 Å². The zero-order chi connectivity index (χ0) is 26.0. The van der Waals surface area contributed by atoms with Gasteiger partial charge >= 0.3 is 0 Å². The summed E-state index contributed by atoms with van der Waals surface area (Å²) in [7, 11) is 1.54.